The van der Waals surface area contributed by atoms with Gasteiger partial charge in [-0.2, -0.15) is 13.2 Å². The molecular formula is C15H21F3N2. The first kappa shape index (κ1) is 15.3. The SMILES string of the molecule is CC1CCN(Cc2ccccc2C(F)(F)F)CCCN1. The van der Waals surface area contributed by atoms with Crippen molar-refractivity contribution in [3.63, 3.8) is 0 Å². The van der Waals surface area contributed by atoms with Gasteiger partial charge in [0.1, 0.15) is 0 Å². The first-order chi connectivity index (χ1) is 9.47. The molecule has 1 heterocycles. The molecule has 1 aliphatic rings. The minimum atomic E-state index is -4.27. The second-order valence-corrected chi connectivity index (χ2v) is 5.43. The van der Waals surface area contributed by atoms with Gasteiger partial charge in [0.15, 0.2) is 0 Å². The van der Waals surface area contributed by atoms with E-state index >= 15 is 0 Å². The third kappa shape index (κ3) is 4.21. The van der Waals surface area contributed by atoms with Crippen molar-refractivity contribution in [1.29, 1.82) is 0 Å². The number of hydrogen-bond acceptors (Lipinski definition) is 2. The molecule has 2 nitrogen and oxygen atoms in total. The molecule has 1 aliphatic heterocycles. The van der Waals surface area contributed by atoms with E-state index in [0.29, 0.717) is 18.2 Å². The molecular weight excluding hydrogens is 265 g/mol. The molecule has 0 spiro atoms. The third-order valence-electron chi connectivity index (χ3n) is 3.74. The molecule has 0 saturated carbocycles. The Kier molecular flexibility index (Phi) is 5.05. The quantitative estimate of drug-likeness (QED) is 0.897. The van der Waals surface area contributed by atoms with Gasteiger partial charge in [0.25, 0.3) is 0 Å². The highest BCUT2D eigenvalue weighted by molar-refractivity contribution is 5.29. The van der Waals surface area contributed by atoms with Crippen molar-refractivity contribution in [2.24, 2.45) is 0 Å². The lowest BCUT2D eigenvalue weighted by atomic mass is 10.1. The normalized spacial score (nSPS) is 22.3. The van der Waals surface area contributed by atoms with Crippen LogP contribution in [-0.2, 0) is 12.7 Å². The van der Waals surface area contributed by atoms with E-state index in [1.807, 2.05) is 0 Å². The van der Waals surface area contributed by atoms with Crippen LogP contribution in [0.2, 0.25) is 0 Å². The maximum absolute atomic E-state index is 13.0. The number of nitrogens with zero attached hydrogens (tertiary/aromatic N) is 1. The van der Waals surface area contributed by atoms with Crippen LogP contribution >= 0.6 is 0 Å². The topological polar surface area (TPSA) is 15.3 Å². The van der Waals surface area contributed by atoms with Crippen molar-refractivity contribution in [3.8, 4) is 0 Å². The molecule has 1 saturated heterocycles. The van der Waals surface area contributed by atoms with E-state index in [9.17, 15) is 13.2 Å². The molecule has 5 heteroatoms. The number of nitrogens with one attached hydrogen (secondary N) is 1. The summed E-state index contributed by atoms with van der Waals surface area (Å²) in [6, 6.07) is 6.31. The van der Waals surface area contributed by atoms with Gasteiger partial charge in [0.2, 0.25) is 0 Å². The molecule has 1 atom stereocenters. The summed E-state index contributed by atoms with van der Waals surface area (Å²) >= 11 is 0. The van der Waals surface area contributed by atoms with Gasteiger partial charge in [0.05, 0.1) is 5.56 Å². The van der Waals surface area contributed by atoms with E-state index in [-0.39, 0.29) is 0 Å². The molecule has 112 valence electrons. The number of rotatable bonds is 2. The Bertz CT molecular complexity index is 431. The Labute approximate surface area is 118 Å². The van der Waals surface area contributed by atoms with Crippen LogP contribution in [0.1, 0.15) is 30.9 Å². The molecule has 1 unspecified atom stereocenters. The second kappa shape index (κ2) is 6.59. The van der Waals surface area contributed by atoms with Crippen LogP contribution in [0.25, 0.3) is 0 Å². The zero-order chi connectivity index (χ0) is 14.6. The number of benzene rings is 1. The van der Waals surface area contributed by atoms with Crippen molar-refractivity contribution < 1.29 is 13.2 Å². The lowest BCUT2D eigenvalue weighted by Crippen LogP contribution is -2.38. The molecule has 1 aromatic carbocycles. The Hall–Kier alpha value is -1.07. The molecule has 2 rings (SSSR count). The molecule has 1 fully saturated rings. The highest BCUT2D eigenvalue weighted by Gasteiger charge is 2.33. The summed E-state index contributed by atoms with van der Waals surface area (Å²) in [7, 11) is 0. The van der Waals surface area contributed by atoms with Crippen LogP contribution in [0.15, 0.2) is 24.3 Å². The fourth-order valence-corrected chi connectivity index (χ4v) is 2.57. The zero-order valence-corrected chi connectivity index (χ0v) is 11.7. The lowest BCUT2D eigenvalue weighted by molar-refractivity contribution is -0.138. The van der Waals surface area contributed by atoms with Crippen molar-refractivity contribution in [2.45, 2.75) is 38.5 Å². The van der Waals surface area contributed by atoms with E-state index in [4.69, 9.17) is 0 Å². The van der Waals surface area contributed by atoms with Gasteiger partial charge in [-0.25, -0.2) is 0 Å². The zero-order valence-electron chi connectivity index (χ0n) is 11.7. The van der Waals surface area contributed by atoms with Gasteiger partial charge < -0.3 is 5.32 Å². The third-order valence-corrected chi connectivity index (χ3v) is 3.74. The highest BCUT2D eigenvalue weighted by atomic mass is 19.4. The van der Waals surface area contributed by atoms with E-state index in [0.717, 1.165) is 32.5 Å². The van der Waals surface area contributed by atoms with E-state index in [1.54, 1.807) is 12.1 Å². The van der Waals surface area contributed by atoms with Crippen molar-refractivity contribution >= 4 is 0 Å². The summed E-state index contributed by atoms with van der Waals surface area (Å²) in [6.07, 6.45) is -2.33. The Balaban J connectivity index is 2.09. The maximum atomic E-state index is 13.0. The van der Waals surface area contributed by atoms with Crippen LogP contribution < -0.4 is 5.32 Å². The van der Waals surface area contributed by atoms with Crippen molar-refractivity contribution in [3.05, 3.63) is 35.4 Å². The Morgan fingerprint density at radius 1 is 1.25 bits per heavy atom. The first-order valence-electron chi connectivity index (χ1n) is 7.07. The van der Waals surface area contributed by atoms with Gasteiger partial charge in [-0.15, -0.1) is 0 Å². The van der Waals surface area contributed by atoms with Crippen molar-refractivity contribution in [1.82, 2.24) is 10.2 Å². The van der Waals surface area contributed by atoms with Crippen LogP contribution in [0.3, 0.4) is 0 Å². The largest absolute Gasteiger partial charge is 0.416 e. The number of alkyl halides is 3. The van der Waals surface area contributed by atoms with Gasteiger partial charge in [-0.05, 0) is 51.0 Å². The fourth-order valence-electron chi connectivity index (χ4n) is 2.57. The number of halogens is 3. The van der Waals surface area contributed by atoms with Gasteiger partial charge in [-0.3, -0.25) is 4.90 Å². The standard InChI is InChI=1S/C15H21F3N2/c1-12-7-10-20(9-4-8-19-12)11-13-5-2-3-6-14(13)15(16,17)18/h2-3,5-6,12,19H,4,7-11H2,1H3. The second-order valence-electron chi connectivity index (χ2n) is 5.43. The maximum Gasteiger partial charge on any atom is 0.416 e. The van der Waals surface area contributed by atoms with E-state index in [1.165, 1.54) is 12.1 Å². The molecule has 0 aromatic heterocycles. The minimum Gasteiger partial charge on any atom is -0.314 e. The fraction of sp³-hybridized carbons (Fsp3) is 0.600. The molecule has 1 N–H and O–H groups in total. The minimum absolute atomic E-state index is 0.376. The van der Waals surface area contributed by atoms with Gasteiger partial charge in [-0.1, -0.05) is 18.2 Å². The monoisotopic (exact) mass is 286 g/mol. The summed E-state index contributed by atoms with van der Waals surface area (Å²) in [5.41, 5.74) is -0.130. The van der Waals surface area contributed by atoms with Crippen LogP contribution in [-0.4, -0.2) is 30.6 Å². The predicted molar refractivity (Wildman–Crippen MR) is 73.4 cm³/mol. The molecule has 0 aliphatic carbocycles. The smallest absolute Gasteiger partial charge is 0.314 e. The van der Waals surface area contributed by atoms with Crippen LogP contribution in [0.4, 0.5) is 13.2 Å². The van der Waals surface area contributed by atoms with Gasteiger partial charge >= 0.3 is 6.18 Å². The lowest BCUT2D eigenvalue weighted by Gasteiger charge is -2.28. The van der Waals surface area contributed by atoms with Gasteiger partial charge in [0, 0.05) is 12.6 Å². The summed E-state index contributed by atoms with van der Waals surface area (Å²) < 4.78 is 38.9. The Morgan fingerprint density at radius 2 is 2.00 bits per heavy atom. The summed E-state index contributed by atoms with van der Waals surface area (Å²) in [5, 5.41) is 3.40. The molecule has 0 radical (unpaired) electrons. The number of hydrogen-bond donors (Lipinski definition) is 1. The average Bonchev–Trinajstić information content (AvgIpc) is 2.37. The summed E-state index contributed by atoms with van der Waals surface area (Å²) in [5.74, 6) is 0. The van der Waals surface area contributed by atoms with E-state index in [2.05, 4.69) is 17.1 Å². The van der Waals surface area contributed by atoms with Crippen LogP contribution in [0, 0.1) is 0 Å². The molecule has 20 heavy (non-hydrogen) atoms. The highest BCUT2D eigenvalue weighted by Crippen LogP contribution is 2.32. The summed E-state index contributed by atoms with van der Waals surface area (Å²) in [4.78, 5) is 2.13. The molecule has 0 bridgehead atoms. The molecule has 1 aromatic rings. The first-order valence-corrected chi connectivity index (χ1v) is 7.07. The van der Waals surface area contributed by atoms with E-state index < -0.39 is 11.7 Å². The summed E-state index contributed by atoms with van der Waals surface area (Å²) in [6.45, 7) is 5.10. The average molecular weight is 286 g/mol. The predicted octanol–water partition coefficient (Wildman–Crippen LogP) is 3.28. The molecule has 0 amide bonds. The van der Waals surface area contributed by atoms with Crippen molar-refractivity contribution in [2.75, 3.05) is 19.6 Å². The van der Waals surface area contributed by atoms with Crippen LogP contribution in [0.5, 0.6) is 0 Å². The Morgan fingerprint density at radius 3 is 2.75 bits per heavy atom.